The Morgan fingerprint density at radius 2 is 1.91 bits per heavy atom. The number of hydrogen-bond acceptors (Lipinski definition) is 6. The number of aromatic hydroxyl groups is 1. The van der Waals surface area contributed by atoms with Crippen LogP contribution in [0.3, 0.4) is 0 Å². The van der Waals surface area contributed by atoms with Gasteiger partial charge in [-0.15, -0.1) is 0 Å². The highest BCUT2D eigenvalue weighted by atomic mass is 32.2. The van der Waals surface area contributed by atoms with E-state index in [1.54, 1.807) is 4.57 Å². The zero-order valence-corrected chi connectivity index (χ0v) is 20.2. The van der Waals surface area contributed by atoms with E-state index < -0.39 is 33.1 Å². The third-order valence-electron chi connectivity index (χ3n) is 7.20. The Kier molecular flexibility index (Phi) is 6.11. The lowest BCUT2D eigenvalue weighted by atomic mass is 9.75. The number of hydrogen-bond donors (Lipinski definition) is 1. The average Bonchev–Trinajstić information content (AvgIpc) is 3.24. The zero-order chi connectivity index (χ0) is 24.0. The number of carbonyl (C=O) groups is 1. The van der Waals surface area contributed by atoms with E-state index in [2.05, 4.69) is 36.2 Å². The van der Waals surface area contributed by atoms with Crippen molar-refractivity contribution in [3.63, 3.8) is 0 Å². The number of amides is 1. The second-order valence-electron chi connectivity index (χ2n) is 9.52. The van der Waals surface area contributed by atoms with Crippen molar-refractivity contribution in [2.75, 3.05) is 19.1 Å². The summed E-state index contributed by atoms with van der Waals surface area (Å²) in [4.78, 5) is 31.1. The van der Waals surface area contributed by atoms with E-state index in [0.717, 1.165) is 38.4 Å². The topological polar surface area (TPSA) is 110 Å². The summed E-state index contributed by atoms with van der Waals surface area (Å²) in [6.45, 7) is 2.27. The molecule has 0 saturated heterocycles. The Hall–Kier alpha value is -2.68. The summed E-state index contributed by atoms with van der Waals surface area (Å²) >= 11 is 0. The fourth-order valence-corrected chi connectivity index (χ4v) is 6.39. The van der Waals surface area contributed by atoms with Crippen LogP contribution in [0.25, 0.3) is 0 Å². The van der Waals surface area contributed by atoms with Gasteiger partial charge in [0.25, 0.3) is 5.91 Å². The molecule has 0 radical (unpaired) electrons. The second kappa shape index (κ2) is 8.59. The molecule has 0 bridgehead atoms. The van der Waals surface area contributed by atoms with Crippen LogP contribution in [0.1, 0.15) is 60.0 Å². The van der Waals surface area contributed by atoms with Crippen molar-refractivity contribution in [2.45, 2.75) is 63.5 Å². The molecule has 1 atom stereocenters. The summed E-state index contributed by atoms with van der Waals surface area (Å²) in [6.07, 6.45) is 6.50. The van der Waals surface area contributed by atoms with Crippen molar-refractivity contribution >= 4 is 15.7 Å². The van der Waals surface area contributed by atoms with Crippen molar-refractivity contribution in [3.8, 4) is 5.75 Å². The van der Waals surface area contributed by atoms with Gasteiger partial charge in [0, 0.05) is 31.7 Å². The Balaban J connectivity index is 1.83. The molecule has 2 heterocycles. The van der Waals surface area contributed by atoms with Crippen molar-refractivity contribution in [1.82, 2.24) is 14.5 Å². The van der Waals surface area contributed by atoms with Crippen molar-refractivity contribution in [2.24, 2.45) is 0 Å². The average molecular weight is 474 g/mol. The number of aromatic nitrogens is 2. The number of carbonyl (C=O) groups excluding carboxylic acids is 1. The first kappa shape index (κ1) is 23.5. The number of aryl methyl sites for hydroxylation is 1. The first-order chi connectivity index (χ1) is 15.5. The minimum atomic E-state index is -3.35. The summed E-state index contributed by atoms with van der Waals surface area (Å²) in [6, 6.07) is 7.88. The highest BCUT2D eigenvalue weighted by Gasteiger charge is 2.40. The van der Waals surface area contributed by atoms with Crippen LogP contribution < -0.4 is 5.56 Å². The van der Waals surface area contributed by atoms with Crippen LogP contribution in [-0.2, 0) is 34.6 Å². The summed E-state index contributed by atoms with van der Waals surface area (Å²) in [5.41, 5.74) is 1.29. The van der Waals surface area contributed by atoms with Crippen molar-refractivity contribution < 1.29 is 18.3 Å². The van der Waals surface area contributed by atoms with Gasteiger partial charge in [-0.2, -0.15) is 4.98 Å². The number of sulfone groups is 1. The third kappa shape index (κ3) is 4.43. The molecule has 1 aromatic carbocycles. The third-order valence-corrected chi connectivity index (χ3v) is 8.19. The van der Waals surface area contributed by atoms with E-state index in [1.165, 1.54) is 23.1 Å². The maximum Gasteiger partial charge on any atom is 0.315 e. The SMILES string of the molecule is CCc1cccc(C2(Cc3nc(=O)c(O)c4n3C[C@H](CS(C)(=O)=O)N(C)C4=O)CCCC2)c1. The standard InChI is InChI=1S/C24H31N3O5S/c1-4-16-8-7-9-17(12-16)24(10-5-6-11-24)13-19-25-22(29)21(28)20-23(30)26(2)18(14-27(19)20)15-33(3,31)32/h7-9,12,18,28H,4-6,10-11,13-15H2,1-3H3/t18-/m1/s1. The summed E-state index contributed by atoms with van der Waals surface area (Å²) in [7, 11) is -1.85. The lowest BCUT2D eigenvalue weighted by molar-refractivity contribution is 0.0663. The van der Waals surface area contributed by atoms with Crippen LogP contribution in [-0.4, -0.2) is 59.0 Å². The van der Waals surface area contributed by atoms with Crippen LogP contribution in [0.2, 0.25) is 0 Å². The maximum absolute atomic E-state index is 13.1. The van der Waals surface area contributed by atoms with Crippen LogP contribution in [0, 0.1) is 0 Å². The molecule has 178 valence electrons. The smallest absolute Gasteiger partial charge is 0.315 e. The second-order valence-corrected chi connectivity index (χ2v) is 11.7. The normalized spacial score (nSPS) is 20.2. The summed E-state index contributed by atoms with van der Waals surface area (Å²) in [5, 5.41) is 10.4. The Morgan fingerprint density at radius 1 is 1.21 bits per heavy atom. The molecule has 1 aromatic heterocycles. The van der Waals surface area contributed by atoms with Crippen molar-refractivity contribution in [1.29, 1.82) is 0 Å². The van der Waals surface area contributed by atoms with Crippen LogP contribution in [0.15, 0.2) is 29.1 Å². The molecular formula is C24H31N3O5S. The molecule has 8 nitrogen and oxygen atoms in total. The molecule has 4 rings (SSSR count). The van der Waals surface area contributed by atoms with Gasteiger partial charge >= 0.3 is 5.56 Å². The highest BCUT2D eigenvalue weighted by molar-refractivity contribution is 7.90. The predicted octanol–water partition coefficient (Wildman–Crippen LogP) is 2.06. The first-order valence-electron chi connectivity index (χ1n) is 11.4. The number of nitrogens with zero attached hydrogens (tertiary/aromatic N) is 3. The molecule has 2 aromatic rings. The minimum Gasteiger partial charge on any atom is -0.501 e. The minimum absolute atomic E-state index is 0.104. The van der Waals surface area contributed by atoms with Gasteiger partial charge in [0.2, 0.25) is 5.75 Å². The molecule has 1 amide bonds. The quantitative estimate of drug-likeness (QED) is 0.688. The van der Waals surface area contributed by atoms with Crippen LogP contribution in [0.4, 0.5) is 0 Å². The van der Waals surface area contributed by atoms with Crippen LogP contribution in [0.5, 0.6) is 5.75 Å². The largest absolute Gasteiger partial charge is 0.501 e. The summed E-state index contributed by atoms with van der Waals surface area (Å²) < 4.78 is 25.5. The molecule has 0 unspecified atom stereocenters. The fourth-order valence-electron chi connectivity index (χ4n) is 5.36. The number of likely N-dealkylation sites (N-methyl/N-ethyl adjacent to an activating group) is 1. The summed E-state index contributed by atoms with van der Waals surface area (Å²) in [5.74, 6) is -1.02. The van der Waals surface area contributed by atoms with Gasteiger partial charge in [-0.1, -0.05) is 44.0 Å². The molecule has 1 N–H and O–H groups in total. The fraction of sp³-hybridized carbons (Fsp3) is 0.542. The lowest BCUT2D eigenvalue weighted by Gasteiger charge is -2.37. The maximum atomic E-state index is 13.1. The molecule has 33 heavy (non-hydrogen) atoms. The van der Waals surface area contributed by atoms with Gasteiger partial charge in [-0.05, 0) is 30.4 Å². The highest BCUT2D eigenvalue weighted by Crippen LogP contribution is 2.44. The van der Waals surface area contributed by atoms with Gasteiger partial charge in [-0.25, -0.2) is 8.42 Å². The molecule has 0 spiro atoms. The molecule has 1 fully saturated rings. The Morgan fingerprint density at radius 3 is 2.55 bits per heavy atom. The zero-order valence-electron chi connectivity index (χ0n) is 19.4. The van der Waals surface area contributed by atoms with Crippen LogP contribution >= 0.6 is 0 Å². The van der Waals surface area contributed by atoms with E-state index >= 15 is 0 Å². The van der Waals surface area contributed by atoms with E-state index in [1.807, 2.05) is 0 Å². The Labute approximate surface area is 194 Å². The lowest BCUT2D eigenvalue weighted by Crippen LogP contribution is -2.51. The van der Waals surface area contributed by atoms with Gasteiger partial charge in [0.1, 0.15) is 15.7 Å². The molecule has 1 saturated carbocycles. The molecule has 1 aliphatic heterocycles. The van der Waals surface area contributed by atoms with E-state index in [-0.39, 0.29) is 23.4 Å². The van der Waals surface area contributed by atoms with Crippen molar-refractivity contribution in [3.05, 3.63) is 57.3 Å². The molecular weight excluding hydrogens is 442 g/mol. The van der Waals surface area contributed by atoms with E-state index in [4.69, 9.17) is 0 Å². The Bertz CT molecular complexity index is 1250. The van der Waals surface area contributed by atoms with Gasteiger partial charge in [0.15, 0.2) is 5.69 Å². The predicted molar refractivity (Wildman–Crippen MR) is 125 cm³/mol. The first-order valence-corrected chi connectivity index (χ1v) is 13.5. The van der Waals surface area contributed by atoms with E-state index in [0.29, 0.717) is 12.2 Å². The molecule has 9 heteroatoms. The number of fused-ring (bicyclic) bond motifs is 1. The van der Waals surface area contributed by atoms with Gasteiger partial charge in [-0.3, -0.25) is 9.59 Å². The number of rotatable bonds is 6. The van der Waals surface area contributed by atoms with Gasteiger partial charge in [0.05, 0.1) is 11.8 Å². The molecule has 1 aliphatic carbocycles. The van der Waals surface area contributed by atoms with E-state index in [9.17, 15) is 23.1 Å². The van der Waals surface area contributed by atoms with Gasteiger partial charge < -0.3 is 14.6 Å². The number of benzene rings is 1. The molecule has 2 aliphatic rings. The monoisotopic (exact) mass is 473 g/mol.